The molecule has 1 rings (SSSR count). The number of allylic oxidation sites excluding steroid dienone is 2. The van der Waals surface area contributed by atoms with Crippen LogP contribution in [0.25, 0.3) is 0 Å². The Hall–Kier alpha value is -0.920. The number of hydrogen-bond donors (Lipinski definition) is 1. The highest BCUT2D eigenvalue weighted by Gasteiger charge is 2.03. The summed E-state index contributed by atoms with van der Waals surface area (Å²) in [7, 11) is 0. The molecule has 0 aliphatic carbocycles. The molecule has 0 saturated heterocycles. The number of rotatable bonds is 2. The van der Waals surface area contributed by atoms with E-state index in [4.69, 9.17) is 4.74 Å². The molecule has 13 heavy (non-hydrogen) atoms. The number of ether oxygens (including phenoxy) is 1. The van der Waals surface area contributed by atoms with E-state index in [-0.39, 0.29) is 6.10 Å². The quantitative estimate of drug-likeness (QED) is 0.710. The van der Waals surface area contributed by atoms with Crippen LogP contribution in [0.5, 0.6) is 0 Å². The maximum absolute atomic E-state index is 5.44. The van der Waals surface area contributed by atoms with E-state index in [1.54, 1.807) is 0 Å². The lowest BCUT2D eigenvalue weighted by atomic mass is 10.2. The van der Waals surface area contributed by atoms with Gasteiger partial charge in [0.2, 0.25) is 0 Å². The van der Waals surface area contributed by atoms with E-state index < -0.39 is 0 Å². The molecule has 0 saturated carbocycles. The van der Waals surface area contributed by atoms with Gasteiger partial charge in [0.15, 0.2) is 5.88 Å². The lowest BCUT2D eigenvalue weighted by molar-refractivity contribution is 0.131. The molecule has 2 nitrogen and oxygen atoms in total. The minimum atomic E-state index is 0.251. The van der Waals surface area contributed by atoms with Gasteiger partial charge in [0.25, 0.3) is 0 Å². The van der Waals surface area contributed by atoms with E-state index in [0.717, 1.165) is 12.4 Å². The van der Waals surface area contributed by atoms with Gasteiger partial charge in [-0.25, -0.2) is 0 Å². The standard InChI is InChI=1S/C9H15NO.C2H6/c1-7(2)11-9-5-4-8(3)6-10-9;1-2/h4-5,7,10H,6H2,1-3H3;1-2H3. The van der Waals surface area contributed by atoms with Gasteiger partial charge in [-0.3, -0.25) is 0 Å². The van der Waals surface area contributed by atoms with Crippen molar-refractivity contribution in [2.75, 3.05) is 6.54 Å². The van der Waals surface area contributed by atoms with Gasteiger partial charge in [-0.15, -0.1) is 0 Å². The van der Waals surface area contributed by atoms with Crippen molar-refractivity contribution in [3.05, 3.63) is 23.6 Å². The van der Waals surface area contributed by atoms with Gasteiger partial charge in [-0.05, 0) is 26.8 Å². The molecule has 0 amide bonds. The molecule has 1 aliphatic rings. The third-order valence-electron chi connectivity index (χ3n) is 1.42. The Morgan fingerprint density at radius 3 is 2.31 bits per heavy atom. The van der Waals surface area contributed by atoms with Crippen molar-refractivity contribution in [2.45, 2.75) is 40.7 Å². The Morgan fingerprint density at radius 2 is 1.92 bits per heavy atom. The highest BCUT2D eigenvalue weighted by molar-refractivity contribution is 5.19. The van der Waals surface area contributed by atoms with E-state index in [2.05, 4.69) is 18.3 Å². The van der Waals surface area contributed by atoms with E-state index in [0.29, 0.717) is 0 Å². The molecule has 76 valence electrons. The normalized spacial score (nSPS) is 14.9. The van der Waals surface area contributed by atoms with E-state index in [9.17, 15) is 0 Å². The molecule has 0 radical (unpaired) electrons. The molecule has 0 aromatic rings. The Labute approximate surface area is 81.7 Å². The van der Waals surface area contributed by atoms with Gasteiger partial charge in [-0.1, -0.05) is 25.5 Å². The Morgan fingerprint density at radius 1 is 1.31 bits per heavy atom. The summed E-state index contributed by atoms with van der Waals surface area (Å²) < 4.78 is 5.44. The summed E-state index contributed by atoms with van der Waals surface area (Å²) in [6.45, 7) is 11.0. The molecule has 1 aliphatic heterocycles. The van der Waals surface area contributed by atoms with Crippen molar-refractivity contribution < 1.29 is 4.74 Å². The van der Waals surface area contributed by atoms with Crippen LogP contribution in [0.4, 0.5) is 0 Å². The van der Waals surface area contributed by atoms with Gasteiger partial charge in [0.1, 0.15) is 0 Å². The van der Waals surface area contributed by atoms with Crippen LogP contribution in [0.2, 0.25) is 0 Å². The summed E-state index contributed by atoms with van der Waals surface area (Å²) in [4.78, 5) is 0. The van der Waals surface area contributed by atoms with Crippen LogP contribution in [0, 0.1) is 0 Å². The average molecular weight is 183 g/mol. The van der Waals surface area contributed by atoms with E-state index in [1.165, 1.54) is 5.57 Å². The van der Waals surface area contributed by atoms with Gasteiger partial charge in [-0.2, -0.15) is 0 Å². The second-order valence-electron chi connectivity index (χ2n) is 3.06. The molecule has 0 aromatic carbocycles. The average Bonchev–Trinajstić information content (AvgIpc) is 2.12. The molecule has 2 heteroatoms. The predicted molar refractivity (Wildman–Crippen MR) is 57.4 cm³/mol. The minimum Gasteiger partial charge on any atom is -0.476 e. The highest BCUT2D eigenvalue weighted by Crippen LogP contribution is 2.05. The van der Waals surface area contributed by atoms with Crippen molar-refractivity contribution in [3.8, 4) is 0 Å². The van der Waals surface area contributed by atoms with Crippen molar-refractivity contribution in [2.24, 2.45) is 0 Å². The molecule has 0 bridgehead atoms. The van der Waals surface area contributed by atoms with Crippen LogP contribution >= 0.6 is 0 Å². The van der Waals surface area contributed by atoms with Crippen LogP contribution in [0.3, 0.4) is 0 Å². The zero-order chi connectivity index (χ0) is 10.3. The first-order valence-electron chi connectivity index (χ1n) is 4.96. The first kappa shape index (κ1) is 12.1. The Bertz CT molecular complexity index is 192. The SMILES string of the molecule is CC.CC1=CC=C(OC(C)C)NC1. The van der Waals surface area contributed by atoms with E-state index in [1.807, 2.05) is 33.8 Å². The molecule has 0 atom stereocenters. The van der Waals surface area contributed by atoms with Crippen molar-refractivity contribution in [3.63, 3.8) is 0 Å². The maximum Gasteiger partial charge on any atom is 0.187 e. The second kappa shape index (κ2) is 6.58. The predicted octanol–water partition coefficient (Wildman–Crippen LogP) is 2.83. The second-order valence-corrected chi connectivity index (χ2v) is 3.06. The van der Waals surface area contributed by atoms with Crippen molar-refractivity contribution in [1.29, 1.82) is 0 Å². The summed E-state index contributed by atoms with van der Waals surface area (Å²) in [6, 6.07) is 0. The molecule has 0 fully saturated rings. The molecule has 0 spiro atoms. The molecule has 0 unspecified atom stereocenters. The Kier molecular flexibility index (Phi) is 6.11. The van der Waals surface area contributed by atoms with Gasteiger partial charge in [0.05, 0.1) is 6.10 Å². The van der Waals surface area contributed by atoms with Gasteiger partial charge >= 0.3 is 0 Å². The minimum absolute atomic E-state index is 0.251. The third-order valence-corrected chi connectivity index (χ3v) is 1.42. The van der Waals surface area contributed by atoms with Crippen LogP contribution < -0.4 is 5.32 Å². The summed E-state index contributed by atoms with van der Waals surface area (Å²) in [5.74, 6) is 0.880. The highest BCUT2D eigenvalue weighted by atomic mass is 16.5. The molecule has 1 heterocycles. The van der Waals surface area contributed by atoms with Crippen LogP contribution in [0.1, 0.15) is 34.6 Å². The van der Waals surface area contributed by atoms with Gasteiger partial charge in [0, 0.05) is 6.54 Å². The summed E-state index contributed by atoms with van der Waals surface area (Å²) in [6.07, 6.45) is 4.30. The van der Waals surface area contributed by atoms with E-state index >= 15 is 0 Å². The first-order chi connectivity index (χ1) is 6.18. The summed E-state index contributed by atoms with van der Waals surface area (Å²) in [5, 5.41) is 3.17. The Balaban J connectivity index is 0.000000671. The molecule has 0 aromatic heterocycles. The monoisotopic (exact) mass is 183 g/mol. The van der Waals surface area contributed by atoms with Crippen LogP contribution in [0.15, 0.2) is 23.6 Å². The van der Waals surface area contributed by atoms with Crippen LogP contribution in [-0.2, 0) is 4.74 Å². The molecular formula is C11H21NO. The number of dihydropyridines is 1. The zero-order valence-corrected chi connectivity index (χ0v) is 9.35. The largest absolute Gasteiger partial charge is 0.476 e. The zero-order valence-electron chi connectivity index (χ0n) is 9.35. The first-order valence-corrected chi connectivity index (χ1v) is 4.96. The van der Waals surface area contributed by atoms with Crippen molar-refractivity contribution >= 4 is 0 Å². The number of hydrogen-bond acceptors (Lipinski definition) is 2. The fourth-order valence-electron chi connectivity index (χ4n) is 0.897. The summed E-state index contributed by atoms with van der Waals surface area (Å²) in [5.41, 5.74) is 1.33. The fourth-order valence-corrected chi connectivity index (χ4v) is 0.897. The molecular weight excluding hydrogens is 162 g/mol. The van der Waals surface area contributed by atoms with Crippen molar-refractivity contribution in [1.82, 2.24) is 5.32 Å². The smallest absolute Gasteiger partial charge is 0.187 e. The lowest BCUT2D eigenvalue weighted by Crippen LogP contribution is -2.22. The lowest BCUT2D eigenvalue weighted by Gasteiger charge is -2.17. The maximum atomic E-state index is 5.44. The van der Waals surface area contributed by atoms with Gasteiger partial charge < -0.3 is 10.1 Å². The fraction of sp³-hybridized carbons (Fsp3) is 0.636. The van der Waals surface area contributed by atoms with Crippen LogP contribution in [-0.4, -0.2) is 12.6 Å². The third kappa shape index (κ3) is 5.34. The summed E-state index contributed by atoms with van der Waals surface area (Å²) >= 11 is 0. The molecule has 1 N–H and O–H groups in total. The number of nitrogens with one attached hydrogen (secondary N) is 1. The topological polar surface area (TPSA) is 21.3 Å².